The molecule has 0 saturated heterocycles. The highest BCUT2D eigenvalue weighted by Crippen LogP contribution is 2.28. The van der Waals surface area contributed by atoms with Gasteiger partial charge >= 0.3 is 0 Å². The molecular formula is C8H7BrCl2N4. The number of nitrogens with zero attached hydrogens (tertiary/aromatic N) is 2. The molecule has 0 aliphatic heterocycles. The molecular weight excluding hydrogens is 303 g/mol. The number of hydrogen-bond acceptors (Lipinski definition) is 2. The molecule has 0 aromatic heterocycles. The van der Waals surface area contributed by atoms with Crippen molar-refractivity contribution >= 4 is 51.3 Å². The van der Waals surface area contributed by atoms with Crippen molar-refractivity contribution in [2.24, 2.45) is 21.7 Å². The summed E-state index contributed by atoms with van der Waals surface area (Å²) < 4.78 is 0.716. The molecule has 80 valence electrons. The Morgan fingerprint density at radius 3 is 2.53 bits per heavy atom. The van der Waals surface area contributed by atoms with Crippen LogP contribution in [-0.4, -0.2) is 12.2 Å². The van der Waals surface area contributed by atoms with Crippen LogP contribution in [-0.2, 0) is 0 Å². The molecule has 0 radical (unpaired) electrons. The van der Waals surface area contributed by atoms with Crippen molar-refractivity contribution in [1.82, 2.24) is 0 Å². The third-order valence-corrected chi connectivity index (χ3v) is 2.93. The van der Waals surface area contributed by atoms with E-state index in [9.17, 15) is 0 Å². The first kappa shape index (κ1) is 12.3. The average Bonchev–Trinajstić information content (AvgIpc) is 2.13. The predicted octanol–water partition coefficient (Wildman–Crippen LogP) is 2.36. The Balaban J connectivity index is 3.01. The first-order chi connectivity index (χ1) is 7.00. The van der Waals surface area contributed by atoms with Crippen LogP contribution in [0, 0.1) is 0 Å². The van der Waals surface area contributed by atoms with Crippen LogP contribution >= 0.6 is 39.1 Å². The SMILES string of the molecule is NC(N)=NN=Cc1cc(Cl)c(Br)cc1Cl. The molecule has 4 N–H and O–H groups in total. The fraction of sp³-hybridized carbons (Fsp3) is 0. The van der Waals surface area contributed by atoms with E-state index < -0.39 is 0 Å². The summed E-state index contributed by atoms with van der Waals surface area (Å²) in [4.78, 5) is 0. The standard InChI is InChI=1S/C8H7BrCl2N4/c9-5-2-6(10)4(1-7(5)11)3-14-15-8(12)13/h1-3H,(H4,12,13,15). The zero-order chi connectivity index (χ0) is 11.4. The number of hydrogen-bond donors (Lipinski definition) is 2. The van der Waals surface area contributed by atoms with E-state index >= 15 is 0 Å². The van der Waals surface area contributed by atoms with Crippen molar-refractivity contribution < 1.29 is 0 Å². The second kappa shape index (κ2) is 5.34. The number of nitrogens with two attached hydrogens (primary N) is 2. The zero-order valence-corrected chi connectivity index (χ0v) is 10.5. The summed E-state index contributed by atoms with van der Waals surface area (Å²) in [6.45, 7) is 0. The van der Waals surface area contributed by atoms with Gasteiger partial charge in [-0.1, -0.05) is 23.2 Å². The first-order valence-electron chi connectivity index (χ1n) is 3.77. The maximum Gasteiger partial charge on any atom is 0.211 e. The molecule has 0 amide bonds. The molecule has 0 bridgehead atoms. The van der Waals surface area contributed by atoms with Crippen molar-refractivity contribution in [3.8, 4) is 0 Å². The summed E-state index contributed by atoms with van der Waals surface area (Å²) in [5.41, 5.74) is 10.8. The van der Waals surface area contributed by atoms with Crippen LogP contribution in [0.2, 0.25) is 10.0 Å². The lowest BCUT2D eigenvalue weighted by atomic mass is 10.2. The highest BCUT2D eigenvalue weighted by molar-refractivity contribution is 9.10. The molecule has 15 heavy (non-hydrogen) atoms. The van der Waals surface area contributed by atoms with Crippen LogP contribution in [0.1, 0.15) is 5.56 Å². The Bertz CT molecular complexity index is 427. The fourth-order valence-electron chi connectivity index (χ4n) is 0.795. The number of guanidine groups is 1. The first-order valence-corrected chi connectivity index (χ1v) is 5.32. The summed E-state index contributed by atoms with van der Waals surface area (Å²) in [6.07, 6.45) is 1.42. The van der Waals surface area contributed by atoms with Gasteiger partial charge in [-0.15, -0.1) is 5.10 Å². The van der Waals surface area contributed by atoms with Crippen molar-refractivity contribution in [2.75, 3.05) is 0 Å². The van der Waals surface area contributed by atoms with Gasteiger partial charge in [-0.2, -0.15) is 5.10 Å². The average molecular weight is 310 g/mol. The molecule has 0 heterocycles. The largest absolute Gasteiger partial charge is 0.369 e. The maximum atomic E-state index is 5.93. The van der Waals surface area contributed by atoms with E-state index in [1.807, 2.05) is 0 Å². The predicted molar refractivity (Wildman–Crippen MR) is 67.6 cm³/mol. The Kier molecular flexibility index (Phi) is 4.38. The smallest absolute Gasteiger partial charge is 0.211 e. The van der Waals surface area contributed by atoms with Gasteiger partial charge in [0.05, 0.1) is 16.3 Å². The monoisotopic (exact) mass is 308 g/mol. The maximum absolute atomic E-state index is 5.93. The van der Waals surface area contributed by atoms with E-state index in [0.717, 1.165) is 0 Å². The van der Waals surface area contributed by atoms with Crippen LogP contribution in [0.3, 0.4) is 0 Å². The van der Waals surface area contributed by atoms with E-state index in [1.165, 1.54) is 6.21 Å². The lowest BCUT2D eigenvalue weighted by Crippen LogP contribution is -2.21. The zero-order valence-electron chi connectivity index (χ0n) is 7.42. The third-order valence-electron chi connectivity index (χ3n) is 1.41. The van der Waals surface area contributed by atoms with Gasteiger partial charge < -0.3 is 11.5 Å². The Morgan fingerprint density at radius 2 is 1.93 bits per heavy atom. The van der Waals surface area contributed by atoms with E-state index in [0.29, 0.717) is 20.1 Å². The number of halogens is 3. The van der Waals surface area contributed by atoms with Gasteiger partial charge in [0, 0.05) is 10.0 Å². The third kappa shape index (κ3) is 3.70. The summed E-state index contributed by atoms with van der Waals surface area (Å²) in [5.74, 6) is -0.120. The van der Waals surface area contributed by atoms with Crippen LogP contribution in [0.5, 0.6) is 0 Å². The second-order valence-electron chi connectivity index (χ2n) is 2.56. The summed E-state index contributed by atoms with van der Waals surface area (Å²) >= 11 is 15.0. The van der Waals surface area contributed by atoms with E-state index in [-0.39, 0.29) is 5.96 Å². The number of rotatable bonds is 2. The normalized spacial score (nSPS) is 10.6. The molecule has 1 aromatic carbocycles. The minimum absolute atomic E-state index is 0.120. The van der Waals surface area contributed by atoms with Crippen molar-refractivity contribution in [1.29, 1.82) is 0 Å². The quantitative estimate of drug-likeness (QED) is 0.381. The molecule has 0 aliphatic carbocycles. The Hall–Kier alpha value is -0.780. The fourth-order valence-corrected chi connectivity index (χ4v) is 1.65. The van der Waals surface area contributed by atoms with E-state index in [4.69, 9.17) is 34.7 Å². The molecule has 0 saturated carbocycles. The van der Waals surface area contributed by atoms with Gasteiger partial charge in [-0.3, -0.25) is 0 Å². The molecule has 1 rings (SSSR count). The lowest BCUT2D eigenvalue weighted by molar-refractivity contribution is 1.21. The second-order valence-corrected chi connectivity index (χ2v) is 4.23. The van der Waals surface area contributed by atoms with Crippen LogP contribution in [0.15, 0.2) is 26.8 Å². The summed E-state index contributed by atoms with van der Waals surface area (Å²) in [7, 11) is 0. The molecule has 0 unspecified atom stereocenters. The molecule has 1 aromatic rings. The van der Waals surface area contributed by atoms with Gasteiger partial charge in [0.15, 0.2) is 0 Å². The minimum atomic E-state index is -0.120. The summed E-state index contributed by atoms with van der Waals surface area (Å²) in [5, 5.41) is 8.10. The van der Waals surface area contributed by atoms with E-state index in [2.05, 4.69) is 26.1 Å². The molecule has 0 spiro atoms. The molecule has 0 atom stereocenters. The van der Waals surface area contributed by atoms with Crippen molar-refractivity contribution in [2.45, 2.75) is 0 Å². The highest BCUT2D eigenvalue weighted by Gasteiger charge is 2.03. The van der Waals surface area contributed by atoms with Gasteiger partial charge in [0.25, 0.3) is 0 Å². The summed E-state index contributed by atoms with van der Waals surface area (Å²) in [6, 6.07) is 3.32. The van der Waals surface area contributed by atoms with Gasteiger partial charge in [-0.05, 0) is 28.1 Å². The molecule has 0 fully saturated rings. The molecule has 0 aliphatic rings. The van der Waals surface area contributed by atoms with Gasteiger partial charge in [0.2, 0.25) is 5.96 Å². The van der Waals surface area contributed by atoms with E-state index in [1.54, 1.807) is 12.1 Å². The topological polar surface area (TPSA) is 76.8 Å². The minimum Gasteiger partial charge on any atom is -0.369 e. The number of benzene rings is 1. The van der Waals surface area contributed by atoms with Gasteiger partial charge in [0.1, 0.15) is 0 Å². The van der Waals surface area contributed by atoms with Crippen LogP contribution in [0.25, 0.3) is 0 Å². The Morgan fingerprint density at radius 1 is 1.27 bits per heavy atom. The van der Waals surface area contributed by atoms with Gasteiger partial charge in [-0.25, -0.2) is 0 Å². The van der Waals surface area contributed by atoms with Crippen LogP contribution < -0.4 is 11.5 Å². The molecule has 4 nitrogen and oxygen atoms in total. The van der Waals surface area contributed by atoms with Crippen LogP contribution in [0.4, 0.5) is 0 Å². The lowest BCUT2D eigenvalue weighted by Gasteiger charge is -2.00. The molecule has 7 heteroatoms. The van der Waals surface area contributed by atoms with Crippen molar-refractivity contribution in [3.63, 3.8) is 0 Å². The Labute approximate surface area is 105 Å². The van der Waals surface area contributed by atoms with Crippen molar-refractivity contribution in [3.05, 3.63) is 32.2 Å². The highest BCUT2D eigenvalue weighted by atomic mass is 79.9.